The van der Waals surface area contributed by atoms with Gasteiger partial charge in [-0.15, -0.1) is 11.3 Å². The molecule has 1 amide bonds. The fraction of sp³-hybridized carbons (Fsp3) is 0.148. The zero-order valence-corrected chi connectivity index (χ0v) is 18.7. The number of thiophene rings is 1. The first-order chi connectivity index (χ1) is 15.6. The number of carbonyl (C=O) groups is 1. The number of hydrazine groups is 1. The molecule has 4 aromatic rings. The van der Waals surface area contributed by atoms with Gasteiger partial charge < -0.3 is 5.11 Å². The molecule has 0 saturated carbocycles. The van der Waals surface area contributed by atoms with E-state index in [4.69, 9.17) is 0 Å². The summed E-state index contributed by atoms with van der Waals surface area (Å²) in [5.41, 5.74) is 6.20. The third-order valence-electron chi connectivity index (χ3n) is 5.49. The fourth-order valence-corrected chi connectivity index (χ4v) is 4.75. The summed E-state index contributed by atoms with van der Waals surface area (Å²) in [4.78, 5) is 15.8. The molecule has 4 rings (SSSR count). The number of carbonyl (C=O) groups excluding carboxylic acids is 1. The first-order valence-corrected chi connectivity index (χ1v) is 11.5. The van der Waals surface area contributed by atoms with E-state index in [1.54, 1.807) is 35.6 Å². The highest BCUT2D eigenvalue weighted by molar-refractivity contribution is 7.12. The van der Waals surface area contributed by atoms with Gasteiger partial charge in [0.05, 0.1) is 6.04 Å². The summed E-state index contributed by atoms with van der Waals surface area (Å²) in [7, 11) is 0. The lowest BCUT2D eigenvalue weighted by atomic mass is 9.85. The first-order valence-electron chi connectivity index (χ1n) is 10.7. The van der Waals surface area contributed by atoms with E-state index in [0.29, 0.717) is 11.1 Å². The second kappa shape index (κ2) is 9.92. The van der Waals surface area contributed by atoms with E-state index in [1.807, 2.05) is 66.7 Å². The van der Waals surface area contributed by atoms with Gasteiger partial charge in [-0.1, -0.05) is 97.9 Å². The number of nitrogens with one attached hydrogen (secondary N) is 2. The highest BCUT2D eigenvalue weighted by atomic mass is 32.1. The lowest BCUT2D eigenvalue weighted by Gasteiger charge is -2.29. The molecule has 0 bridgehead atoms. The number of aliphatic hydroxyl groups is 1. The Morgan fingerprint density at radius 1 is 0.844 bits per heavy atom. The van der Waals surface area contributed by atoms with Crippen molar-refractivity contribution in [1.82, 2.24) is 10.9 Å². The molecule has 0 radical (unpaired) electrons. The van der Waals surface area contributed by atoms with Crippen molar-refractivity contribution < 1.29 is 9.90 Å². The molecule has 1 aromatic heterocycles. The molecule has 0 fully saturated rings. The van der Waals surface area contributed by atoms with Crippen molar-refractivity contribution in [3.8, 4) is 0 Å². The van der Waals surface area contributed by atoms with Crippen LogP contribution in [0.25, 0.3) is 0 Å². The molecule has 3 N–H and O–H groups in total. The molecule has 162 valence electrons. The van der Waals surface area contributed by atoms with Crippen molar-refractivity contribution >= 4 is 17.2 Å². The van der Waals surface area contributed by atoms with Crippen LogP contribution in [0.15, 0.2) is 103 Å². The Labute approximate surface area is 192 Å². The van der Waals surface area contributed by atoms with Crippen LogP contribution in [0.4, 0.5) is 0 Å². The van der Waals surface area contributed by atoms with Gasteiger partial charge in [-0.05, 0) is 35.2 Å². The number of amides is 1. The Morgan fingerprint density at radius 2 is 1.38 bits per heavy atom. The van der Waals surface area contributed by atoms with Crippen LogP contribution >= 0.6 is 11.3 Å². The third kappa shape index (κ3) is 4.50. The summed E-state index contributed by atoms with van der Waals surface area (Å²) in [6, 6.07) is 31.9. The minimum absolute atomic E-state index is 0.235. The van der Waals surface area contributed by atoms with Gasteiger partial charge in [0.1, 0.15) is 0 Å². The average Bonchev–Trinajstić information content (AvgIpc) is 3.34. The fourth-order valence-electron chi connectivity index (χ4n) is 3.72. The third-order valence-corrected chi connectivity index (χ3v) is 6.78. The van der Waals surface area contributed by atoms with E-state index < -0.39 is 11.5 Å². The van der Waals surface area contributed by atoms with Gasteiger partial charge >= 0.3 is 0 Å². The summed E-state index contributed by atoms with van der Waals surface area (Å²) >= 11 is 1.71. The minimum atomic E-state index is -1.83. The first kappa shape index (κ1) is 22.0. The Balaban J connectivity index is 1.65. The van der Waals surface area contributed by atoms with E-state index in [9.17, 15) is 9.90 Å². The van der Waals surface area contributed by atoms with Crippen molar-refractivity contribution in [3.63, 3.8) is 0 Å². The minimum Gasteiger partial charge on any atom is -0.372 e. The van der Waals surface area contributed by atoms with Crippen molar-refractivity contribution in [3.05, 3.63) is 130 Å². The summed E-state index contributed by atoms with van der Waals surface area (Å²) in [6.45, 7) is 2.13. The molecular weight excluding hydrogens is 416 g/mol. The van der Waals surface area contributed by atoms with Crippen LogP contribution < -0.4 is 10.9 Å². The van der Waals surface area contributed by atoms with Crippen LogP contribution in [0, 0.1) is 0 Å². The van der Waals surface area contributed by atoms with Crippen molar-refractivity contribution in [2.24, 2.45) is 0 Å². The van der Waals surface area contributed by atoms with E-state index in [0.717, 1.165) is 16.9 Å². The van der Waals surface area contributed by atoms with E-state index in [1.165, 1.54) is 4.88 Å². The van der Waals surface area contributed by atoms with Crippen LogP contribution in [0.5, 0.6) is 0 Å². The highest BCUT2D eigenvalue weighted by Crippen LogP contribution is 2.31. The SMILES string of the molecule is CCc1ccc(C(NNC(=O)C(O)(c2ccccc2)c2ccccc2)c2ccccc2)s1. The molecule has 0 saturated heterocycles. The second-order valence-corrected chi connectivity index (χ2v) is 8.74. The average molecular weight is 443 g/mol. The number of hydrogen-bond acceptors (Lipinski definition) is 4. The molecule has 4 nitrogen and oxygen atoms in total. The predicted molar refractivity (Wildman–Crippen MR) is 129 cm³/mol. The quantitative estimate of drug-likeness (QED) is 0.338. The van der Waals surface area contributed by atoms with Gasteiger partial charge in [-0.3, -0.25) is 10.2 Å². The molecule has 5 heteroatoms. The van der Waals surface area contributed by atoms with Crippen LogP contribution in [-0.2, 0) is 16.8 Å². The van der Waals surface area contributed by atoms with Gasteiger partial charge in [-0.25, -0.2) is 5.43 Å². The number of aryl methyl sites for hydroxylation is 1. The molecular formula is C27H26N2O2S. The molecule has 3 aromatic carbocycles. The molecule has 0 aliphatic heterocycles. The number of rotatable bonds is 8. The zero-order chi connectivity index (χ0) is 22.4. The van der Waals surface area contributed by atoms with E-state index in [-0.39, 0.29) is 6.04 Å². The molecule has 1 atom stereocenters. The van der Waals surface area contributed by atoms with Crippen molar-refractivity contribution in [2.75, 3.05) is 0 Å². The number of hydrogen-bond donors (Lipinski definition) is 3. The van der Waals surface area contributed by atoms with Gasteiger partial charge in [0.2, 0.25) is 0 Å². The molecule has 0 aliphatic carbocycles. The summed E-state index contributed by atoms with van der Waals surface area (Å²) in [6.07, 6.45) is 0.959. The van der Waals surface area contributed by atoms with E-state index in [2.05, 4.69) is 29.9 Å². The summed E-state index contributed by atoms with van der Waals surface area (Å²) in [5, 5.41) is 11.7. The van der Waals surface area contributed by atoms with Crippen LogP contribution in [0.2, 0.25) is 0 Å². The summed E-state index contributed by atoms with van der Waals surface area (Å²) in [5.74, 6) is -0.539. The standard InChI is InChI=1S/C27H26N2O2S/c1-2-23-18-19-24(32-23)25(20-12-6-3-7-13-20)28-29-26(30)27(31,21-14-8-4-9-15-21)22-16-10-5-11-17-22/h3-19,25,28,31H,2H2,1H3,(H,29,30). The largest absolute Gasteiger partial charge is 0.372 e. The lowest BCUT2D eigenvalue weighted by Crippen LogP contribution is -2.51. The summed E-state index contributed by atoms with van der Waals surface area (Å²) < 4.78 is 0. The second-order valence-electron chi connectivity index (χ2n) is 7.54. The highest BCUT2D eigenvalue weighted by Gasteiger charge is 2.40. The Kier molecular flexibility index (Phi) is 6.81. The maximum Gasteiger partial charge on any atom is 0.275 e. The Hall–Kier alpha value is -3.25. The molecule has 1 heterocycles. The molecule has 0 aliphatic rings. The predicted octanol–water partition coefficient (Wildman–Crippen LogP) is 4.96. The maximum atomic E-state index is 13.5. The Bertz CT molecular complexity index is 1100. The lowest BCUT2D eigenvalue weighted by molar-refractivity contribution is -0.138. The normalized spacial score (nSPS) is 12.3. The zero-order valence-electron chi connectivity index (χ0n) is 17.9. The van der Waals surface area contributed by atoms with Crippen molar-refractivity contribution in [1.29, 1.82) is 0 Å². The Morgan fingerprint density at radius 3 is 1.88 bits per heavy atom. The van der Waals surface area contributed by atoms with Gasteiger partial charge in [0, 0.05) is 9.75 Å². The van der Waals surface area contributed by atoms with Crippen LogP contribution in [0.3, 0.4) is 0 Å². The van der Waals surface area contributed by atoms with Gasteiger partial charge in [0.25, 0.3) is 5.91 Å². The van der Waals surface area contributed by atoms with Crippen LogP contribution in [0.1, 0.15) is 39.4 Å². The van der Waals surface area contributed by atoms with Gasteiger partial charge in [0.15, 0.2) is 5.60 Å². The monoisotopic (exact) mass is 442 g/mol. The van der Waals surface area contributed by atoms with Crippen LogP contribution in [-0.4, -0.2) is 11.0 Å². The molecule has 1 unspecified atom stereocenters. The topological polar surface area (TPSA) is 61.4 Å². The maximum absolute atomic E-state index is 13.5. The smallest absolute Gasteiger partial charge is 0.275 e. The molecule has 32 heavy (non-hydrogen) atoms. The van der Waals surface area contributed by atoms with Crippen molar-refractivity contribution in [2.45, 2.75) is 25.0 Å². The number of benzene rings is 3. The van der Waals surface area contributed by atoms with Gasteiger partial charge in [-0.2, -0.15) is 0 Å². The molecule has 0 spiro atoms. The van der Waals surface area contributed by atoms with E-state index >= 15 is 0 Å².